The highest BCUT2D eigenvalue weighted by atomic mass is 19.4. The molecule has 0 bridgehead atoms. The summed E-state index contributed by atoms with van der Waals surface area (Å²) in [6.45, 7) is 0. The number of hydrogen-bond acceptors (Lipinski definition) is 5. The Hall–Kier alpha value is -3.76. The topological polar surface area (TPSA) is 100 Å². The zero-order valence-electron chi connectivity index (χ0n) is 15.4. The van der Waals surface area contributed by atoms with Crippen molar-refractivity contribution in [2.75, 3.05) is 7.05 Å². The third kappa shape index (κ3) is 2.90. The minimum Gasteiger partial charge on any atom is -0.369 e. The highest BCUT2D eigenvalue weighted by molar-refractivity contribution is 6.08. The molecule has 0 radical (unpaired) electrons. The number of benzene rings is 1. The van der Waals surface area contributed by atoms with Crippen LogP contribution < -0.4 is 5.73 Å². The van der Waals surface area contributed by atoms with Crippen LogP contribution in [-0.4, -0.2) is 39.0 Å². The van der Waals surface area contributed by atoms with Crippen molar-refractivity contribution in [3.05, 3.63) is 71.4 Å². The number of likely N-dealkylation sites (N-methyl/N-ethyl adjacent to an activating group) is 1. The van der Waals surface area contributed by atoms with E-state index in [1.807, 2.05) is 0 Å². The molecule has 2 aromatic heterocycles. The van der Waals surface area contributed by atoms with Crippen molar-refractivity contribution in [2.24, 2.45) is 10.7 Å². The van der Waals surface area contributed by atoms with Crippen LogP contribution in [0.4, 0.5) is 17.6 Å². The minimum absolute atomic E-state index is 0.0382. The van der Waals surface area contributed by atoms with Crippen molar-refractivity contribution in [2.45, 2.75) is 11.7 Å². The van der Waals surface area contributed by atoms with E-state index in [0.717, 1.165) is 29.3 Å². The van der Waals surface area contributed by atoms with E-state index in [9.17, 15) is 22.4 Å². The van der Waals surface area contributed by atoms with Crippen molar-refractivity contribution < 1.29 is 22.4 Å². The summed E-state index contributed by atoms with van der Waals surface area (Å²) in [6.07, 6.45) is -2.24. The van der Waals surface area contributed by atoms with Gasteiger partial charge in [-0.05, 0) is 35.9 Å². The van der Waals surface area contributed by atoms with Crippen LogP contribution in [0.5, 0.6) is 0 Å². The zero-order valence-corrected chi connectivity index (χ0v) is 15.4. The largest absolute Gasteiger partial charge is 0.416 e. The van der Waals surface area contributed by atoms with Gasteiger partial charge in [0.05, 0.1) is 17.0 Å². The third-order valence-corrected chi connectivity index (χ3v) is 4.86. The van der Waals surface area contributed by atoms with Crippen LogP contribution in [0.2, 0.25) is 0 Å². The highest BCUT2D eigenvalue weighted by Gasteiger charge is 2.51. The van der Waals surface area contributed by atoms with Crippen LogP contribution in [-0.2, 0) is 16.5 Å². The Balaban J connectivity index is 1.99. The number of pyridine rings is 1. The summed E-state index contributed by atoms with van der Waals surface area (Å²) in [4.78, 5) is 22.4. The summed E-state index contributed by atoms with van der Waals surface area (Å²) in [5.74, 6) is -1.55. The lowest BCUT2D eigenvalue weighted by atomic mass is 9.84. The van der Waals surface area contributed by atoms with Gasteiger partial charge in [-0.15, -0.1) is 0 Å². The Morgan fingerprint density at radius 1 is 1.17 bits per heavy atom. The Kier molecular flexibility index (Phi) is 4.33. The van der Waals surface area contributed by atoms with E-state index < -0.39 is 29.0 Å². The summed E-state index contributed by atoms with van der Waals surface area (Å²) >= 11 is 0. The van der Waals surface area contributed by atoms with Gasteiger partial charge in [0.15, 0.2) is 5.96 Å². The monoisotopic (exact) mass is 418 g/mol. The number of nitrogens with zero attached hydrogens (tertiary/aromatic N) is 4. The number of rotatable bonds is 3. The second kappa shape index (κ2) is 6.65. The quantitative estimate of drug-likeness (QED) is 0.639. The summed E-state index contributed by atoms with van der Waals surface area (Å²) in [5.41, 5.74) is 2.92. The van der Waals surface area contributed by atoms with E-state index in [1.54, 1.807) is 0 Å². The standard InChI is InChI=1S/C19H14F4N6O/c1-29-16(30)18(27-17(29)24,15-9-11(4-6-25-15)19(21,22)23)10-2-3-13(20)12(8-10)14-5-7-26-28-14/h2-9H,1H3,(H2,24,27)(H,26,28). The molecule has 3 N–H and O–H groups in total. The normalized spacial score (nSPS) is 19.3. The van der Waals surface area contributed by atoms with Crippen LogP contribution in [0.1, 0.15) is 16.8 Å². The lowest BCUT2D eigenvalue weighted by Gasteiger charge is -2.26. The second-order valence-corrected chi connectivity index (χ2v) is 6.63. The number of aliphatic imine (C=N–C) groups is 1. The number of alkyl halides is 3. The number of carbonyl (C=O) groups is 1. The molecule has 3 heterocycles. The SMILES string of the molecule is CN1C(=O)C(c2ccc(F)c(-c3cc[nH]n3)c2)(c2cc(C(F)(F)F)ccn2)N=C1N. The van der Waals surface area contributed by atoms with Crippen molar-refractivity contribution in [3.8, 4) is 11.3 Å². The Labute approximate surface area is 167 Å². The van der Waals surface area contributed by atoms with Gasteiger partial charge in [-0.3, -0.25) is 19.8 Å². The molecule has 1 aliphatic rings. The van der Waals surface area contributed by atoms with Crippen LogP contribution in [0, 0.1) is 5.82 Å². The maximum Gasteiger partial charge on any atom is 0.416 e. The van der Waals surface area contributed by atoms with E-state index in [4.69, 9.17) is 5.73 Å². The molecule has 0 fully saturated rings. The molecule has 11 heteroatoms. The van der Waals surface area contributed by atoms with Crippen molar-refractivity contribution in [3.63, 3.8) is 0 Å². The first kappa shape index (κ1) is 19.6. The van der Waals surface area contributed by atoms with Crippen LogP contribution in [0.25, 0.3) is 11.3 Å². The first-order chi connectivity index (χ1) is 14.1. The van der Waals surface area contributed by atoms with Gasteiger partial charge in [0.1, 0.15) is 5.82 Å². The first-order valence-corrected chi connectivity index (χ1v) is 8.62. The fraction of sp³-hybridized carbons (Fsp3) is 0.158. The Morgan fingerprint density at radius 3 is 2.53 bits per heavy atom. The summed E-state index contributed by atoms with van der Waals surface area (Å²) in [6, 6.07) is 6.70. The van der Waals surface area contributed by atoms with Gasteiger partial charge in [0.2, 0.25) is 5.54 Å². The molecule has 1 aromatic carbocycles. The van der Waals surface area contributed by atoms with E-state index in [2.05, 4.69) is 20.2 Å². The average Bonchev–Trinajstić information content (AvgIpc) is 3.32. The molecule has 0 saturated heterocycles. The number of aromatic amines is 1. The van der Waals surface area contributed by atoms with Gasteiger partial charge >= 0.3 is 6.18 Å². The van der Waals surface area contributed by atoms with Gasteiger partial charge in [-0.1, -0.05) is 6.07 Å². The zero-order chi connectivity index (χ0) is 21.7. The van der Waals surface area contributed by atoms with Crippen molar-refractivity contribution >= 4 is 11.9 Å². The number of nitrogens with one attached hydrogen (secondary N) is 1. The molecule has 1 aliphatic heterocycles. The maximum absolute atomic E-state index is 14.4. The average molecular weight is 418 g/mol. The molecular weight excluding hydrogens is 404 g/mol. The van der Waals surface area contributed by atoms with E-state index in [-0.39, 0.29) is 28.5 Å². The minimum atomic E-state index is -4.66. The number of hydrogen-bond donors (Lipinski definition) is 2. The van der Waals surface area contributed by atoms with Crippen LogP contribution in [0.15, 0.2) is 53.8 Å². The Morgan fingerprint density at radius 2 is 1.93 bits per heavy atom. The molecule has 30 heavy (non-hydrogen) atoms. The third-order valence-electron chi connectivity index (χ3n) is 4.86. The number of nitrogens with two attached hydrogens (primary N) is 1. The molecule has 1 unspecified atom stereocenters. The van der Waals surface area contributed by atoms with E-state index in [1.165, 1.54) is 31.4 Å². The first-order valence-electron chi connectivity index (χ1n) is 8.62. The second-order valence-electron chi connectivity index (χ2n) is 6.63. The predicted molar refractivity (Wildman–Crippen MR) is 98.4 cm³/mol. The van der Waals surface area contributed by atoms with Gasteiger partial charge in [0.25, 0.3) is 5.91 Å². The molecule has 1 atom stereocenters. The number of amides is 1. The molecule has 7 nitrogen and oxygen atoms in total. The molecule has 0 saturated carbocycles. The summed E-state index contributed by atoms with van der Waals surface area (Å²) in [5, 5.41) is 6.48. The number of halogens is 4. The number of carbonyl (C=O) groups excluding carboxylic acids is 1. The molecule has 0 aliphatic carbocycles. The summed E-state index contributed by atoms with van der Waals surface area (Å²) < 4.78 is 54.3. The van der Waals surface area contributed by atoms with Crippen LogP contribution >= 0.6 is 0 Å². The molecule has 154 valence electrons. The fourth-order valence-corrected chi connectivity index (χ4v) is 3.31. The van der Waals surface area contributed by atoms with E-state index in [0.29, 0.717) is 0 Å². The summed E-state index contributed by atoms with van der Waals surface area (Å²) in [7, 11) is 1.34. The molecular formula is C19H14F4N6O. The Bertz CT molecular complexity index is 1160. The molecule has 0 spiro atoms. The van der Waals surface area contributed by atoms with Gasteiger partial charge < -0.3 is 5.73 Å². The number of aromatic nitrogens is 3. The van der Waals surface area contributed by atoms with Crippen molar-refractivity contribution in [1.29, 1.82) is 0 Å². The number of guanidine groups is 1. The highest BCUT2D eigenvalue weighted by Crippen LogP contribution is 2.41. The number of H-pyrrole nitrogens is 1. The maximum atomic E-state index is 14.4. The van der Waals surface area contributed by atoms with Crippen molar-refractivity contribution in [1.82, 2.24) is 20.1 Å². The lowest BCUT2D eigenvalue weighted by Crippen LogP contribution is -2.41. The van der Waals surface area contributed by atoms with Gasteiger partial charge in [-0.25, -0.2) is 9.38 Å². The van der Waals surface area contributed by atoms with Gasteiger partial charge in [0, 0.05) is 25.0 Å². The molecule has 1 amide bonds. The molecule has 3 aromatic rings. The molecule has 4 rings (SSSR count). The lowest BCUT2D eigenvalue weighted by molar-refractivity contribution is -0.138. The van der Waals surface area contributed by atoms with E-state index >= 15 is 0 Å². The van der Waals surface area contributed by atoms with Gasteiger partial charge in [-0.2, -0.15) is 18.3 Å². The predicted octanol–water partition coefficient (Wildman–Crippen LogP) is 2.66. The van der Waals surface area contributed by atoms with Crippen LogP contribution in [0.3, 0.4) is 0 Å². The fourth-order valence-electron chi connectivity index (χ4n) is 3.31. The smallest absolute Gasteiger partial charge is 0.369 e.